The molecular weight excluding hydrogens is 805 g/mol. The molecule has 16 unspecified atom stereocenters. The predicted octanol–water partition coefficient (Wildman–Crippen LogP) is 4.49. The fourth-order valence-corrected chi connectivity index (χ4v) is 12.9. The van der Waals surface area contributed by atoms with Crippen molar-refractivity contribution in [3.63, 3.8) is 0 Å². The number of hydrogen-bond acceptors (Lipinski definition) is 15. The van der Waals surface area contributed by atoms with Crippen LogP contribution in [0.5, 0.6) is 0 Å². The molecule has 0 aromatic carbocycles. The van der Waals surface area contributed by atoms with Crippen LogP contribution in [0.15, 0.2) is 23.3 Å². The minimum absolute atomic E-state index is 0.0280. The Hall–Kier alpha value is -1.41. The minimum atomic E-state index is -1.22. The lowest BCUT2D eigenvalue weighted by Crippen LogP contribution is -2.67. The Balaban J connectivity index is 0.979. The minimum Gasteiger partial charge on any atom is -0.389 e. The van der Waals surface area contributed by atoms with Gasteiger partial charge < -0.3 is 67.8 Å². The van der Waals surface area contributed by atoms with E-state index in [1.807, 2.05) is 40.7 Å². The van der Waals surface area contributed by atoms with Gasteiger partial charge in [-0.15, -0.1) is 0 Å². The molecule has 0 aromatic heterocycles. The van der Waals surface area contributed by atoms with E-state index in [2.05, 4.69) is 13.0 Å². The van der Waals surface area contributed by atoms with Gasteiger partial charge in [0.1, 0.15) is 36.3 Å². The number of Topliss-reactive ketones (excluding diaryl/α,β-unsaturated/α-hetero) is 1. The highest BCUT2D eigenvalue weighted by molar-refractivity contribution is 5.80. The zero-order valence-electron chi connectivity index (χ0n) is 38.8. The number of aliphatic hydroxyl groups excluding tert-OH is 3. The van der Waals surface area contributed by atoms with Gasteiger partial charge in [0.15, 0.2) is 25.2 Å². The zero-order chi connectivity index (χ0) is 45.1. The monoisotopic (exact) mass is 881 g/mol. The van der Waals surface area contributed by atoms with Crippen molar-refractivity contribution in [3.05, 3.63) is 23.3 Å². The number of methoxy groups -OCH3 is 3. The summed E-state index contributed by atoms with van der Waals surface area (Å²) in [5, 5.41) is 45.3. The van der Waals surface area contributed by atoms with E-state index < -0.39 is 91.1 Å². The van der Waals surface area contributed by atoms with Crippen LogP contribution in [-0.2, 0) is 52.2 Å². The van der Waals surface area contributed by atoms with Gasteiger partial charge in [-0.1, -0.05) is 31.6 Å². The molecule has 3 saturated carbocycles. The highest BCUT2D eigenvalue weighted by atomic mass is 16.8. The number of ketones is 1. The summed E-state index contributed by atoms with van der Waals surface area (Å²) in [7, 11) is 4.69. The van der Waals surface area contributed by atoms with Crippen molar-refractivity contribution in [3.8, 4) is 0 Å². The molecule has 15 nitrogen and oxygen atoms in total. The number of hydrogen-bond donors (Lipinski definition) is 4. The van der Waals surface area contributed by atoms with Crippen molar-refractivity contribution in [1.82, 2.24) is 0 Å². The third-order valence-electron chi connectivity index (χ3n) is 16.8. The number of ether oxygens (including phenoxy) is 10. The molecule has 3 heterocycles. The maximum atomic E-state index is 13.1. The van der Waals surface area contributed by atoms with Crippen molar-refractivity contribution in [2.45, 2.75) is 217 Å². The Labute approximate surface area is 368 Å². The first-order valence-corrected chi connectivity index (χ1v) is 23.1. The molecule has 15 heteroatoms. The molecular formula is C47H76O15. The molecule has 0 spiro atoms. The largest absolute Gasteiger partial charge is 0.389 e. The lowest BCUT2D eigenvalue weighted by atomic mass is 9.45. The molecule has 0 bridgehead atoms. The first-order valence-electron chi connectivity index (χ1n) is 23.1. The smallest absolute Gasteiger partial charge is 0.187 e. The van der Waals surface area contributed by atoms with Crippen LogP contribution >= 0.6 is 0 Å². The fraction of sp³-hybridized carbons (Fsp3) is 0.894. The number of fused-ring (bicyclic) bond motifs is 5. The quantitative estimate of drug-likeness (QED) is 0.150. The summed E-state index contributed by atoms with van der Waals surface area (Å²) >= 11 is 0. The highest BCUT2D eigenvalue weighted by Gasteiger charge is 2.71. The molecule has 3 saturated heterocycles. The summed E-state index contributed by atoms with van der Waals surface area (Å²) in [4.78, 5) is 13.1. The van der Waals surface area contributed by atoms with Crippen molar-refractivity contribution >= 4 is 5.78 Å². The predicted molar refractivity (Wildman–Crippen MR) is 224 cm³/mol. The number of carbonyl (C=O) groups excluding carboxylic acids is 1. The number of carbonyl (C=O) groups is 1. The molecule has 7 aliphatic rings. The number of aliphatic hydroxyl groups is 4. The van der Waals surface area contributed by atoms with Gasteiger partial charge in [0.05, 0.1) is 48.3 Å². The Morgan fingerprint density at radius 3 is 2.03 bits per heavy atom. The van der Waals surface area contributed by atoms with Gasteiger partial charge >= 0.3 is 0 Å². The lowest BCUT2D eigenvalue weighted by molar-refractivity contribution is -0.352. The van der Waals surface area contributed by atoms with Crippen molar-refractivity contribution < 1.29 is 72.6 Å². The number of allylic oxidation sites excluding steroid dienone is 2. The van der Waals surface area contributed by atoms with E-state index in [0.717, 1.165) is 25.7 Å². The molecule has 4 aliphatic carbocycles. The van der Waals surface area contributed by atoms with E-state index in [-0.39, 0.29) is 47.3 Å². The third-order valence-corrected chi connectivity index (χ3v) is 16.8. The van der Waals surface area contributed by atoms with Gasteiger partial charge in [0, 0.05) is 45.5 Å². The van der Waals surface area contributed by atoms with E-state index in [1.165, 1.54) is 12.7 Å². The van der Waals surface area contributed by atoms with Gasteiger partial charge in [-0.2, -0.15) is 0 Å². The Morgan fingerprint density at radius 1 is 0.806 bits per heavy atom. The van der Waals surface area contributed by atoms with Crippen molar-refractivity contribution in [2.24, 2.45) is 28.6 Å². The van der Waals surface area contributed by atoms with Gasteiger partial charge in [-0.05, 0) is 109 Å². The van der Waals surface area contributed by atoms with Crippen LogP contribution < -0.4 is 0 Å². The standard InChI is InChI=1S/C47H76O15/c1-12-23(2)43(51)60-35-20-32-31(47(52)18-16-30(24(3)48)46(35,47)8)14-13-28-19-29(15-17-45(28,32)7)59-36-21-33(53-9)40(26(5)56-36)61-37-22-34(54-10)41(27(6)57-37)62-44-39(50)42(55-11)38(49)25(4)58-44/h12-13,25-27,29-44,49-52H,14-22H2,1-11H3/t25?,26?,27?,29-,30+,31?,32?,33?,34?,35+,36?,37?,38?,39?,40?,41?,42?,43?,44?,45-,46-,47-/m0/s1. The maximum Gasteiger partial charge on any atom is 0.187 e. The highest BCUT2D eigenvalue weighted by Crippen LogP contribution is 2.69. The Bertz CT molecular complexity index is 1620. The van der Waals surface area contributed by atoms with Crippen molar-refractivity contribution in [2.75, 3.05) is 21.3 Å². The average Bonchev–Trinajstić information content (AvgIpc) is 3.53. The average molecular weight is 881 g/mol. The van der Waals surface area contributed by atoms with Crippen LogP contribution in [0.4, 0.5) is 0 Å². The van der Waals surface area contributed by atoms with Crippen LogP contribution in [0, 0.1) is 28.6 Å². The molecule has 7 rings (SSSR count). The van der Waals surface area contributed by atoms with Crippen LogP contribution in [-0.4, -0.2) is 152 Å². The first kappa shape index (κ1) is 48.5. The van der Waals surface area contributed by atoms with Gasteiger partial charge in [0.25, 0.3) is 0 Å². The second-order valence-electron chi connectivity index (χ2n) is 19.9. The molecule has 0 amide bonds. The second-order valence-corrected chi connectivity index (χ2v) is 19.9. The molecule has 62 heavy (non-hydrogen) atoms. The summed E-state index contributed by atoms with van der Waals surface area (Å²) in [6.45, 7) is 15.2. The summed E-state index contributed by atoms with van der Waals surface area (Å²) in [6.07, 6.45) is -0.435. The van der Waals surface area contributed by atoms with Crippen LogP contribution in [0.2, 0.25) is 0 Å². The van der Waals surface area contributed by atoms with Gasteiger partial charge in [-0.25, -0.2) is 0 Å². The summed E-state index contributed by atoms with van der Waals surface area (Å²) in [6, 6.07) is 0. The molecule has 0 radical (unpaired) electrons. The lowest BCUT2D eigenvalue weighted by Gasteiger charge is -2.63. The van der Waals surface area contributed by atoms with E-state index in [1.54, 1.807) is 28.1 Å². The van der Waals surface area contributed by atoms with Crippen LogP contribution in [0.25, 0.3) is 0 Å². The normalized spacial score (nSPS) is 50.2. The molecule has 22 atom stereocenters. The Kier molecular flexibility index (Phi) is 14.9. The molecule has 4 N–H and O–H groups in total. The topological polar surface area (TPSA) is 190 Å². The van der Waals surface area contributed by atoms with E-state index in [0.29, 0.717) is 37.7 Å². The summed E-state index contributed by atoms with van der Waals surface area (Å²) in [5.74, 6) is -0.192. The maximum absolute atomic E-state index is 13.1. The van der Waals surface area contributed by atoms with E-state index in [4.69, 9.17) is 47.4 Å². The fourth-order valence-electron chi connectivity index (χ4n) is 12.9. The van der Waals surface area contributed by atoms with Crippen LogP contribution in [0.1, 0.15) is 113 Å². The first-order chi connectivity index (χ1) is 29.3. The third kappa shape index (κ3) is 8.57. The molecule has 0 aromatic rings. The molecule has 3 aliphatic heterocycles. The molecule has 6 fully saturated rings. The zero-order valence-corrected chi connectivity index (χ0v) is 38.8. The number of rotatable bonds is 13. The van der Waals surface area contributed by atoms with E-state index >= 15 is 0 Å². The van der Waals surface area contributed by atoms with Crippen LogP contribution in [0.3, 0.4) is 0 Å². The molecule has 354 valence electrons. The van der Waals surface area contributed by atoms with Gasteiger partial charge in [0.2, 0.25) is 0 Å². The van der Waals surface area contributed by atoms with E-state index in [9.17, 15) is 25.2 Å². The SMILES string of the molecule is CC=C(C)C(O)O[C@@H]1CC2C(CC=C3C[C@@H](OC4CC(OC)C(OC5CC(OC)C(OC6OC(C)C(O)C(OC)C6O)C(C)O5)C(C)O4)CC[C@@]32C)[C@@]2(O)CC[C@H](C(C)=O)[C@@]12C. The van der Waals surface area contributed by atoms with Gasteiger partial charge in [-0.3, -0.25) is 4.79 Å². The Morgan fingerprint density at radius 2 is 1.44 bits per heavy atom. The van der Waals surface area contributed by atoms with Crippen molar-refractivity contribution in [1.29, 1.82) is 0 Å². The summed E-state index contributed by atoms with van der Waals surface area (Å²) in [5.41, 5.74) is -0.0909. The summed E-state index contributed by atoms with van der Waals surface area (Å²) < 4.78 is 62.0. The second kappa shape index (κ2) is 19.1.